The average molecular weight is 424 g/mol. The Morgan fingerprint density at radius 3 is 2.45 bits per heavy atom. The molecule has 3 rings (SSSR count). The van der Waals surface area contributed by atoms with Crippen molar-refractivity contribution >= 4 is 29.1 Å². The van der Waals surface area contributed by atoms with Gasteiger partial charge in [-0.05, 0) is 24.3 Å². The maximum atomic E-state index is 14.6. The molecular weight excluding hydrogens is 404 g/mol. The van der Waals surface area contributed by atoms with Crippen LogP contribution in [0, 0.1) is 11.6 Å². The fourth-order valence-corrected chi connectivity index (χ4v) is 3.16. The number of urea groups is 1. The molecule has 0 aromatic heterocycles. The molecule has 0 aliphatic carbocycles. The number of carbonyl (C=O) groups excluding carboxylic acids is 2. The lowest BCUT2D eigenvalue weighted by Gasteiger charge is -2.33. The molecule has 1 fully saturated rings. The largest absolute Gasteiger partial charge is 0.378 e. The minimum Gasteiger partial charge on any atom is -0.378 e. The Hall–Kier alpha value is -2.55. The Bertz CT molecular complexity index is 920. The van der Waals surface area contributed by atoms with Crippen LogP contribution in [-0.4, -0.2) is 49.6 Å². The highest BCUT2D eigenvalue weighted by Gasteiger charge is 2.26. The molecule has 0 unspecified atom stereocenters. The molecule has 9 heteroatoms. The van der Waals surface area contributed by atoms with Gasteiger partial charge in [-0.2, -0.15) is 0 Å². The molecule has 0 bridgehead atoms. The molecule has 0 atom stereocenters. The van der Waals surface area contributed by atoms with Crippen molar-refractivity contribution in [3.05, 3.63) is 64.2 Å². The maximum absolute atomic E-state index is 14.6. The number of amides is 2. The molecule has 1 aliphatic heterocycles. The lowest BCUT2D eigenvalue weighted by atomic mass is 10.1. The number of Topliss-reactive ketones (excluding diaryl/α,β-unsaturated/α-hetero) is 1. The highest BCUT2D eigenvalue weighted by Crippen LogP contribution is 2.26. The van der Waals surface area contributed by atoms with Gasteiger partial charge in [0.25, 0.3) is 0 Å². The van der Waals surface area contributed by atoms with Crippen LogP contribution in [0.25, 0.3) is 0 Å². The van der Waals surface area contributed by atoms with Crippen LogP contribution >= 0.6 is 11.6 Å². The van der Waals surface area contributed by atoms with E-state index in [1.54, 1.807) is 4.90 Å². The Kier molecular flexibility index (Phi) is 6.79. The van der Waals surface area contributed by atoms with E-state index in [1.165, 1.54) is 29.2 Å². The Morgan fingerprint density at radius 2 is 1.83 bits per heavy atom. The Labute approximate surface area is 171 Å². The molecule has 1 aliphatic rings. The quantitative estimate of drug-likeness (QED) is 0.749. The van der Waals surface area contributed by atoms with E-state index in [9.17, 15) is 18.4 Å². The van der Waals surface area contributed by atoms with Gasteiger partial charge in [-0.25, -0.2) is 13.6 Å². The van der Waals surface area contributed by atoms with E-state index in [0.29, 0.717) is 32.0 Å². The minimum atomic E-state index is -0.641. The van der Waals surface area contributed by atoms with Gasteiger partial charge in [0.15, 0.2) is 5.78 Å². The standard InChI is InChI=1S/C20H20ClF2N3O3/c21-16-10-15(3-4-17(16)22)26(20(28)25-5-7-29-8-6-25)12-14-2-1-13(9-18(14)23)19(27)11-24/h1-4,9-10H,5-8,11-12,24H2. The van der Waals surface area contributed by atoms with Gasteiger partial charge in [0, 0.05) is 29.9 Å². The van der Waals surface area contributed by atoms with Crippen LogP contribution in [0.4, 0.5) is 19.3 Å². The van der Waals surface area contributed by atoms with Crippen molar-refractivity contribution in [2.75, 3.05) is 37.7 Å². The number of ketones is 1. The van der Waals surface area contributed by atoms with E-state index in [0.717, 1.165) is 12.1 Å². The van der Waals surface area contributed by atoms with Crippen molar-refractivity contribution in [3.8, 4) is 0 Å². The molecule has 2 amide bonds. The summed E-state index contributed by atoms with van der Waals surface area (Å²) in [7, 11) is 0. The van der Waals surface area contributed by atoms with E-state index in [1.807, 2.05) is 0 Å². The molecule has 154 valence electrons. The third kappa shape index (κ3) is 4.90. The zero-order chi connectivity index (χ0) is 21.0. The Balaban J connectivity index is 1.93. The van der Waals surface area contributed by atoms with E-state index in [-0.39, 0.29) is 41.1 Å². The summed E-state index contributed by atoms with van der Waals surface area (Å²) in [6, 6.07) is 7.49. The normalized spacial score (nSPS) is 14.0. The molecule has 2 aromatic carbocycles. The average Bonchev–Trinajstić information content (AvgIpc) is 2.74. The Morgan fingerprint density at radius 1 is 1.10 bits per heavy atom. The summed E-state index contributed by atoms with van der Waals surface area (Å²) in [5, 5.41) is -0.147. The SMILES string of the molecule is NCC(=O)c1ccc(CN(C(=O)N2CCOCC2)c2ccc(F)c(Cl)c2)c(F)c1. The number of hydrogen-bond acceptors (Lipinski definition) is 4. The van der Waals surface area contributed by atoms with Crippen LogP contribution in [0.15, 0.2) is 36.4 Å². The van der Waals surface area contributed by atoms with Gasteiger partial charge in [-0.1, -0.05) is 23.7 Å². The van der Waals surface area contributed by atoms with Crippen molar-refractivity contribution in [1.82, 2.24) is 4.90 Å². The summed E-state index contributed by atoms with van der Waals surface area (Å²) < 4.78 is 33.5. The molecule has 0 spiro atoms. The third-order valence-electron chi connectivity index (χ3n) is 4.62. The number of morpholine rings is 1. The predicted molar refractivity (Wildman–Crippen MR) is 105 cm³/mol. The molecular formula is C20H20ClF2N3O3. The van der Waals surface area contributed by atoms with Crippen molar-refractivity contribution in [2.45, 2.75) is 6.54 Å². The van der Waals surface area contributed by atoms with Crippen LogP contribution in [0.1, 0.15) is 15.9 Å². The highest BCUT2D eigenvalue weighted by molar-refractivity contribution is 6.31. The van der Waals surface area contributed by atoms with Gasteiger partial charge in [0.05, 0.1) is 31.3 Å². The number of anilines is 1. The summed E-state index contributed by atoms with van der Waals surface area (Å²) in [5.41, 5.74) is 5.99. The van der Waals surface area contributed by atoms with Gasteiger partial charge in [0.2, 0.25) is 0 Å². The van der Waals surface area contributed by atoms with Gasteiger partial charge < -0.3 is 15.4 Å². The number of nitrogens with zero attached hydrogens (tertiary/aromatic N) is 2. The zero-order valence-corrected chi connectivity index (χ0v) is 16.3. The van der Waals surface area contributed by atoms with Crippen LogP contribution in [0.2, 0.25) is 5.02 Å². The van der Waals surface area contributed by atoms with E-state index in [2.05, 4.69) is 0 Å². The minimum absolute atomic E-state index is 0.124. The van der Waals surface area contributed by atoms with Gasteiger partial charge in [-0.3, -0.25) is 9.69 Å². The maximum Gasteiger partial charge on any atom is 0.324 e. The van der Waals surface area contributed by atoms with Crippen LogP contribution in [0.5, 0.6) is 0 Å². The molecule has 29 heavy (non-hydrogen) atoms. The second-order valence-electron chi connectivity index (χ2n) is 6.50. The van der Waals surface area contributed by atoms with Gasteiger partial charge in [0.1, 0.15) is 11.6 Å². The van der Waals surface area contributed by atoms with E-state index in [4.69, 9.17) is 22.1 Å². The molecule has 2 aromatic rings. The monoisotopic (exact) mass is 423 g/mol. The lowest BCUT2D eigenvalue weighted by Crippen LogP contribution is -2.48. The van der Waals surface area contributed by atoms with Crippen molar-refractivity contribution < 1.29 is 23.1 Å². The summed E-state index contributed by atoms with van der Waals surface area (Å²) >= 11 is 5.88. The van der Waals surface area contributed by atoms with E-state index >= 15 is 0 Å². The summed E-state index contributed by atoms with van der Waals surface area (Å²) in [6.45, 7) is 1.21. The first kappa shape index (κ1) is 21.2. The van der Waals surface area contributed by atoms with Gasteiger partial charge in [-0.15, -0.1) is 0 Å². The number of rotatable bonds is 5. The molecule has 6 nitrogen and oxygen atoms in total. The highest BCUT2D eigenvalue weighted by atomic mass is 35.5. The van der Waals surface area contributed by atoms with Crippen LogP contribution in [-0.2, 0) is 11.3 Å². The van der Waals surface area contributed by atoms with Crippen LogP contribution in [0.3, 0.4) is 0 Å². The topological polar surface area (TPSA) is 75.9 Å². The van der Waals surface area contributed by atoms with E-state index < -0.39 is 11.6 Å². The molecule has 0 radical (unpaired) electrons. The number of halogens is 3. The smallest absolute Gasteiger partial charge is 0.324 e. The second-order valence-corrected chi connectivity index (χ2v) is 6.91. The first-order valence-electron chi connectivity index (χ1n) is 9.01. The van der Waals surface area contributed by atoms with Crippen molar-refractivity contribution in [1.29, 1.82) is 0 Å². The molecule has 0 saturated carbocycles. The number of hydrogen-bond donors (Lipinski definition) is 1. The fourth-order valence-electron chi connectivity index (χ4n) is 2.98. The number of carbonyl (C=O) groups is 2. The molecule has 1 heterocycles. The first-order valence-corrected chi connectivity index (χ1v) is 9.39. The molecule has 1 saturated heterocycles. The lowest BCUT2D eigenvalue weighted by molar-refractivity contribution is 0.0548. The van der Waals surface area contributed by atoms with Gasteiger partial charge >= 0.3 is 6.03 Å². The summed E-state index contributed by atoms with van der Waals surface area (Å²) in [5.74, 6) is -1.65. The number of benzene rings is 2. The number of nitrogens with two attached hydrogens (primary N) is 1. The number of ether oxygens (including phenoxy) is 1. The summed E-state index contributed by atoms with van der Waals surface area (Å²) in [4.78, 5) is 27.7. The van der Waals surface area contributed by atoms with Crippen molar-refractivity contribution in [3.63, 3.8) is 0 Å². The van der Waals surface area contributed by atoms with Crippen LogP contribution < -0.4 is 10.6 Å². The molecule has 2 N–H and O–H groups in total. The van der Waals surface area contributed by atoms with Crippen molar-refractivity contribution in [2.24, 2.45) is 5.73 Å². The first-order chi connectivity index (χ1) is 13.9. The summed E-state index contributed by atoms with van der Waals surface area (Å²) in [6.07, 6.45) is 0. The predicted octanol–water partition coefficient (Wildman–Crippen LogP) is 3.22. The zero-order valence-electron chi connectivity index (χ0n) is 15.5. The fraction of sp³-hybridized carbons (Fsp3) is 0.300. The second kappa shape index (κ2) is 9.30. The third-order valence-corrected chi connectivity index (χ3v) is 4.91.